The monoisotopic (exact) mass is 266 g/mol. The number of aryl methyl sites for hydroxylation is 2. The molecule has 0 bridgehead atoms. The Kier molecular flexibility index (Phi) is 3.05. The Morgan fingerprint density at radius 1 is 1.25 bits per heavy atom. The molecule has 3 rings (SSSR count). The van der Waals surface area contributed by atoms with Crippen molar-refractivity contribution in [2.45, 2.75) is 20.3 Å². The normalized spacial score (nSPS) is 17.1. The van der Waals surface area contributed by atoms with Crippen molar-refractivity contribution in [1.29, 1.82) is 0 Å². The van der Waals surface area contributed by atoms with E-state index in [1.807, 2.05) is 6.08 Å². The van der Waals surface area contributed by atoms with Crippen molar-refractivity contribution >= 4 is 6.08 Å². The maximum absolute atomic E-state index is 12.2. The molecular weight excluding hydrogens is 248 g/mol. The Morgan fingerprint density at radius 2 is 1.95 bits per heavy atom. The first-order valence-electron chi connectivity index (χ1n) is 6.91. The summed E-state index contributed by atoms with van der Waals surface area (Å²) in [7, 11) is 1.71. The first-order valence-corrected chi connectivity index (χ1v) is 6.91. The maximum Gasteiger partial charge on any atom is 0.274 e. The SMILES string of the molecule is Cc1ccc(-c2nn(C)c(=O)c3c2CC(C)C=C3)cc1. The Balaban J connectivity index is 2.26. The maximum atomic E-state index is 12.2. The number of nitrogens with zero attached hydrogens (tertiary/aromatic N) is 2. The van der Waals surface area contributed by atoms with Gasteiger partial charge in [0.15, 0.2) is 0 Å². The third-order valence-corrected chi connectivity index (χ3v) is 3.83. The fourth-order valence-electron chi connectivity index (χ4n) is 2.66. The lowest BCUT2D eigenvalue weighted by atomic mass is 9.89. The molecule has 0 N–H and O–H groups in total. The summed E-state index contributed by atoms with van der Waals surface area (Å²) in [6, 6.07) is 8.31. The third-order valence-electron chi connectivity index (χ3n) is 3.83. The zero-order chi connectivity index (χ0) is 14.3. The van der Waals surface area contributed by atoms with Crippen LogP contribution in [0.4, 0.5) is 0 Å². The molecule has 1 unspecified atom stereocenters. The van der Waals surface area contributed by atoms with Crippen LogP contribution in [0, 0.1) is 12.8 Å². The number of hydrogen-bond acceptors (Lipinski definition) is 2. The van der Waals surface area contributed by atoms with E-state index < -0.39 is 0 Å². The second-order valence-electron chi connectivity index (χ2n) is 5.58. The summed E-state index contributed by atoms with van der Waals surface area (Å²) in [6.07, 6.45) is 4.92. The van der Waals surface area contributed by atoms with Crippen molar-refractivity contribution in [2.24, 2.45) is 13.0 Å². The van der Waals surface area contributed by atoms with Crippen LogP contribution in [0.15, 0.2) is 35.1 Å². The van der Waals surface area contributed by atoms with Crippen LogP contribution in [-0.4, -0.2) is 9.78 Å². The summed E-state index contributed by atoms with van der Waals surface area (Å²) in [5, 5.41) is 4.49. The van der Waals surface area contributed by atoms with Crippen molar-refractivity contribution in [3.05, 3.63) is 57.4 Å². The molecule has 20 heavy (non-hydrogen) atoms. The number of benzene rings is 1. The molecule has 2 aromatic rings. The summed E-state index contributed by atoms with van der Waals surface area (Å²) in [5.74, 6) is 0.445. The zero-order valence-corrected chi connectivity index (χ0v) is 12.1. The molecule has 1 heterocycles. The van der Waals surface area contributed by atoms with Gasteiger partial charge in [-0.05, 0) is 24.8 Å². The van der Waals surface area contributed by atoms with E-state index in [4.69, 9.17) is 0 Å². The lowest BCUT2D eigenvalue weighted by Crippen LogP contribution is -2.26. The number of hydrogen-bond donors (Lipinski definition) is 0. The highest BCUT2D eigenvalue weighted by molar-refractivity contribution is 5.70. The van der Waals surface area contributed by atoms with E-state index in [1.54, 1.807) is 7.05 Å². The van der Waals surface area contributed by atoms with E-state index >= 15 is 0 Å². The van der Waals surface area contributed by atoms with Crippen molar-refractivity contribution in [1.82, 2.24) is 9.78 Å². The van der Waals surface area contributed by atoms with Gasteiger partial charge in [0.05, 0.1) is 5.69 Å². The second kappa shape index (κ2) is 4.75. The van der Waals surface area contributed by atoms with E-state index in [0.29, 0.717) is 5.92 Å². The van der Waals surface area contributed by atoms with Gasteiger partial charge in [-0.25, -0.2) is 4.68 Å². The van der Waals surface area contributed by atoms with Gasteiger partial charge in [0.25, 0.3) is 5.56 Å². The average molecular weight is 266 g/mol. The lowest BCUT2D eigenvalue weighted by molar-refractivity contribution is 0.668. The largest absolute Gasteiger partial charge is 0.274 e. The Labute approximate surface area is 118 Å². The summed E-state index contributed by atoms with van der Waals surface area (Å²) in [6.45, 7) is 4.23. The van der Waals surface area contributed by atoms with Crippen LogP contribution < -0.4 is 5.56 Å². The average Bonchev–Trinajstić information content (AvgIpc) is 2.44. The van der Waals surface area contributed by atoms with Gasteiger partial charge in [-0.2, -0.15) is 5.10 Å². The van der Waals surface area contributed by atoms with Gasteiger partial charge in [-0.15, -0.1) is 0 Å². The van der Waals surface area contributed by atoms with Crippen molar-refractivity contribution in [2.75, 3.05) is 0 Å². The molecule has 1 atom stereocenters. The second-order valence-corrected chi connectivity index (χ2v) is 5.58. The standard InChI is InChI=1S/C17H18N2O/c1-11-4-7-13(8-5-11)16-15-10-12(2)6-9-14(15)17(20)19(3)18-16/h4-9,12H,10H2,1-3H3. The number of rotatable bonds is 1. The van der Waals surface area contributed by atoms with Gasteiger partial charge in [0.1, 0.15) is 0 Å². The Morgan fingerprint density at radius 3 is 2.65 bits per heavy atom. The van der Waals surface area contributed by atoms with Gasteiger partial charge in [0, 0.05) is 18.2 Å². The molecule has 3 nitrogen and oxygen atoms in total. The van der Waals surface area contributed by atoms with E-state index in [2.05, 4.69) is 49.3 Å². The molecule has 1 aromatic carbocycles. The molecule has 0 amide bonds. The number of allylic oxidation sites excluding steroid dienone is 1. The van der Waals surface area contributed by atoms with E-state index in [1.165, 1.54) is 10.2 Å². The molecule has 0 fully saturated rings. The molecule has 1 aliphatic rings. The van der Waals surface area contributed by atoms with Crippen LogP contribution in [0.2, 0.25) is 0 Å². The molecule has 102 valence electrons. The van der Waals surface area contributed by atoms with Crippen molar-refractivity contribution in [3.8, 4) is 11.3 Å². The molecule has 0 saturated carbocycles. The predicted octanol–water partition coefficient (Wildman–Crippen LogP) is 2.96. The first kappa shape index (κ1) is 12.9. The van der Waals surface area contributed by atoms with Crippen LogP contribution >= 0.6 is 0 Å². The highest BCUT2D eigenvalue weighted by atomic mass is 16.1. The molecule has 0 aliphatic heterocycles. The van der Waals surface area contributed by atoms with Crippen LogP contribution in [0.5, 0.6) is 0 Å². The molecule has 0 saturated heterocycles. The van der Waals surface area contributed by atoms with Gasteiger partial charge in [0.2, 0.25) is 0 Å². The molecule has 0 radical (unpaired) electrons. The summed E-state index contributed by atoms with van der Waals surface area (Å²) in [4.78, 5) is 12.2. The van der Waals surface area contributed by atoms with Crippen LogP contribution in [0.25, 0.3) is 17.3 Å². The molecule has 1 aliphatic carbocycles. The lowest BCUT2D eigenvalue weighted by Gasteiger charge is -2.19. The zero-order valence-electron chi connectivity index (χ0n) is 12.1. The highest BCUT2D eigenvalue weighted by Gasteiger charge is 2.20. The van der Waals surface area contributed by atoms with Gasteiger partial charge in [-0.1, -0.05) is 48.9 Å². The van der Waals surface area contributed by atoms with E-state index in [0.717, 1.165) is 28.8 Å². The summed E-state index contributed by atoms with van der Waals surface area (Å²) < 4.78 is 1.44. The van der Waals surface area contributed by atoms with E-state index in [9.17, 15) is 4.79 Å². The number of fused-ring (bicyclic) bond motifs is 1. The van der Waals surface area contributed by atoms with Gasteiger partial charge >= 0.3 is 0 Å². The van der Waals surface area contributed by atoms with Gasteiger partial charge in [-0.3, -0.25) is 4.79 Å². The fourth-order valence-corrected chi connectivity index (χ4v) is 2.66. The highest BCUT2D eigenvalue weighted by Crippen LogP contribution is 2.29. The smallest absolute Gasteiger partial charge is 0.267 e. The van der Waals surface area contributed by atoms with Crippen LogP contribution in [-0.2, 0) is 13.5 Å². The van der Waals surface area contributed by atoms with E-state index in [-0.39, 0.29) is 5.56 Å². The third kappa shape index (κ3) is 2.09. The topological polar surface area (TPSA) is 34.9 Å². The first-order chi connectivity index (χ1) is 9.56. The minimum absolute atomic E-state index is 0.0148. The predicted molar refractivity (Wildman–Crippen MR) is 81.6 cm³/mol. The van der Waals surface area contributed by atoms with Crippen molar-refractivity contribution < 1.29 is 0 Å². The summed E-state index contributed by atoms with van der Waals surface area (Å²) in [5.41, 5.74) is 5.08. The van der Waals surface area contributed by atoms with Crippen molar-refractivity contribution in [3.63, 3.8) is 0 Å². The molecule has 1 aromatic heterocycles. The minimum Gasteiger partial charge on any atom is -0.267 e. The molecule has 3 heteroatoms. The quantitative estimate of drug-likeness (QED) is 0.795. The molecule has 0 spiro atoms. The molecular formula is C17H18N2O. The fraction of sp³-hybridized carbons (Fsp3) is 0.294. The number of aromatic nitrogens is 2. The summed E-state index contributed by atoms with van der Waals surface area (Å²) >= 11 is 0. The van der Waals surface area contributed by atoms with Crippen LogP contribution in [0.3, 0.4) is 0 Å². The van der Waals surface area contributed by atoms with Crippen LogP contribution in [0.1, 0.15) is 23.6 Å². The Bertz CT molecular complexity index is 739. The van der Waals surface area contributed by atoms with Gasteiger partial charge < -0.3 is 0 Å². The minimum atomic E-state index is -0.0148. The Hall–Kier alpha value is -2.16.